The lowest BCUT2D eigenvalue weighted by Crippen LogP contribution is -2.02. The van der Waals surface area contributed by atoms with Crippen LogP contribution in [0.2, 0.25) is 0 Å². The normalized spacial score (nSPS) is 10.9. The van der Waals surface area contributed by atoms with E-state index in [-0.39, 0.29) is 5.78 Å². The van der Waals surface area contributed by atoms with Crippen molar-refractivity contribution in [2.75, 3.05) is 0 Å². The van der Waals surface area contributed by atoms with Crippen LogP contribution in [0.15, 0.2) is 60.7 Å². The summed E-state index contributed by atoms with van der Waals surface area (Å²) in [6.07, 6.45) is 2.44. The number of benzene rings is 3. The van der Waals surface area contributed by atoms with Crippen molar-refractivity contribution in [1.29, 1.82) is 0 Å². The second-order valence-electron chi connectivity index (χ2n) is 6.18. The average Bonchev–Trinajstić information content (AvgIpc) is 2.57. The predicted molar refractivity (Wildman–Crippen MR) is 97.1 cm³/mol. The molecule has 0 aliphatic heterocycles. The molecule has 1 heteroatoms. The summed E-state index contributed by atoms with van der Waals surface area (Å²) >= 11 is 0. The number of Topliss-reactive ketones (excluding diaryl/α,β-unsaturated/α-hetero) is 1. The van der Waals surface area contributed by atoms with Crippen LogP contribution < -0.4 is 0 Å². The maximum atomic E-state index is 12.4. The van der Waals surface area contributed by atoms with Crippen molar-refractivity contribution in [1.82, 2.24) is 0 Å². The molecule has 0 heterocycles. The first-order chi connectivity index (χ1) is 11.2. The third kappa shape index (κ3) is 3.34. The van der Waals surface area contributed by atoms with Gasteiger partial charge in [-0.05, 0) is 54.2 Å². The van der Waals surface area contributed by atoms with E-state index in [1.807, 2.05) is 31.2 Å². The first-order valence-corrected chi connectivity index (χ1v) is 8.23. The highest BCUT2D eigenvalue weighted by Gasteiger charge is 2.09. The third-order valence-electron chi connectivity index (χ3n) is 4.53. The minimum Gasteiger partial charge on any atom is -0.294 e. The van der Waals surface area contributed by atoms with Crippen LogP contribution >= 0.6 is 0 Å². The molecule has 0 bridgehead atoms. The molecule has 0 unspecified atom stereocenters. The minimum absolute atomic E-state index is 0.250. The van der Waals surface area contributed by atoms with Gasteiger partial charge >= 0.3 is 0 Å². The quantitative estimate of drug-likeness (QED) is 0.556. The summed E-state index contributed by atoms with van der Waals surface area (Å²) in [6, 6.07) is 20.8. The zero-order chi connectivity index (χ0) is 16.2. The zero-order valence-electron chi connectivity index (χ0n) is 13.8. The fourth-order valence-electron chi connectivity index (χ4n) is 3.19. The number of aryl methyl sites for hydroxylation is 3. The van der Waals surface area contributed by atoms with Crippen molar-refractivity contribution in [3.05, 3.63) is 82.9 Å². The Labute approximate surface area is 138 Å². The first kappa shape index (κ1) is 15.5. The highest BCUT2D eigenvalue weighted by molar-refractivity contribution is 5.97. The van der Waals surface area contributed by atoms with Crippen molar-refractivity contribution >= 4 is 16.6 Å². The summed E-state index contributed by atoms with van der Waals surface area (Å²) in [7, 11) is 0. The Morgan fingerprint density at radius 1 is 0.783 bits per heavy atom. The van der Waals surface area contributed by atoms with Crippen molar-refractivity contribution < 1.29 is 4.79 Å². The van der Waals surface area contributed by atoms with E-state index in [1.54, 1.807) is 0 Å². The SMILES string of the molecule is Cc1ccccc1C(=O)CCCc1ccc(C)c2ccccc12. The van der Waals surface area contributed by atoms with Crippen LogP contribution in [0.5, 0.6) is 0 Å². The smallest absolute Gasteiger partial charge is 0.163 e. The van der Waals surface area contributed by atoms with Gasteiger partial charge in [0.2, 0.25) is 0 Å². The highest BCUT2D eigenvalue weighted by Crippen LogP contribution is 2.24. The van der Waals surface area contributed by atoms with E-state index in [0.29, 0.717) is 6.42 Å². The van der Waals surface area contributed by atoms with Crippen LogP contribution in [0.1, 0.15) is 39.9 Å². The Bertz CT molecular complexity index is 845. The van der Waals surface area contributed by atoms with E-state index >= 15 is 0 Å². The largest absolute Gasteiger partial charge is 0.294 e. The van der Waals surface area contributed by atoms with Crippen LogP contribution in [-0.2, 0) is 6.42 Å². The van der Waals surface area contributed by atoms with Gasteiger partial charge in [-0.15, -0.1) is 0 Å². The van der Waals surface area contributed by atoms with Crippen LogP contribution in [0.3, 0.4) is 0 Å². The number of ketones is 1. The lowest BCUT2D eigenvalue weighted by atomic mass is 9.95. The van der Waals surface area contributed by atoms with Gasteiger partial charge in [0.25, 0.3) is 0 Å². The van der Waals surface area contributed by atoms with Crippen molar-refractivity contribution in [2.45, 2.75) is 33.1 Å². The molecule has 1 nitrogen and oxygen atoms in total. The average molecular weight is 302 g/mol. The van der Waals surface area contributed by atoms with Gasteiger partial charge in [-0.2, -0.15) is 0 Å². The van der Waals surface area contributed by atoms with Gasteiger partial charge in [0.05, 0.1) is 0 Å². The Kier molecular flexibility index (Phi) is 4.57. The molecule has 0 aliphatic carbocycles. The highest BCUT2D eigenvalue weighted by atomic mass is 16.1. The summed E-state index contributed by atoms with van der Waals surface area (Å²) < 4.78 is 0. The lowest BCUT2D eigenvalue weighted by Gasteiger charge is -2.09. The monoisotopic (exact) mass is 302 g/mol. The van der Waals surface area contributed by atoms with Crippen LogP contribution in [0, 0.1) is 13.8 Å². The molecule has 0 saturated heterocycles. The topological polar surface area (TPSA) is 17.1 Å². The summed E-state index contributed by atoms with van der Waals surface area (Å²) in [4.78, 5) is 12.4. The molecule has 0 amide bonds. The van der Waals surface area contributed by atoms with Crippen molar-refractivity contribution in [3.63, 3.8) is 0 Å². The Hall–Kier alpha value is -2.41. The summed E-state index contributed by atoms with van der Waals surface area (Å²) in [6.45, 7) is 4.15. The predicted octanol–water partition coefficient (Wildman–Crippen LogP) is 5.66. The van der Waals surface area contributed by atoms with Gasteiger partial charge in [-0.25, -0.2) is 0 Å². The minimum atomic E-state index is 0.250. The van der Waals surface area contributed by atoms with Gasteiger partial charge in [0.1, 0.15) is 0 Å². The molecule has 0 spiro atoms. The maximum Gasteiger partial charge on any atom is 0.163 e. The molecule has 0 aliphatic rings. The number of rotatable bonds is 5. The van der Waals surface area contributed by atoms with Gasteiger partial charge < -0.3 is 0 Å². The number of carbonyl (C=O) groups excluding carboxylic acids is 1. The molecule has 0 atom stereocenters. The first-order valence-electron chi connectivity index (χ1n) is 8.23. The van der Waals surface area contributed by atoms with Crippen molar-refractivity contribution in [3.8, 4) is 0 Å². The number of hydrogen-bond acceptors (Lipinski definition) is 1. The second-order valence-corrected chi connectivity index (χ2v) is 6.18. The molecule has 0 radical (unpaired) electrons. The maximum absolute atomic E-state index is 12.4. The van der Waals surface area contributed by atoms with Gasteiger partial charge in [0.15, 0.2) is 5.78 Å². The van der Waals surface area contributed by atoms with E-state index in [4.69, 9.17) is 0 Å². The lowest BCUT2D eigenvalue weighted by molar-refractivity contribution is 0.0979. The summed E-state index contributed by atoms with van der Waals surface area (Å²) in [5.74, 6) is 0.250. The standard InChI is InChI=1S/C22H22O/c1-16-8-3-4-11-20(16)22(23)13-7-9-18-15-14-17(2)19-10-5-6-12-21(18)19/h3-6,8,10-12,14-15H,7,9,13H2,1-2H3. The Balaban J connectivity index is 1.71. The molecule has 3 rings (SSSR count). The fraction of sp³-hybridized carbons (Fsp3) is 0.227. The molecular weight excluding hydrogens is 280 g/mol. The van der Waals surface area contributed by atoms with Crippen LogP contribution in [0.25, 0.3) is 10.8 Å². The second kappa shape index (κ2) is 6.78. The summed E-state index contributed by atoms with van der Waals surface area (Å²) in [5, 5.41) is 2.63. The third-order valence-corrected chi connectivity index (χ3v) is 4.53. The molecule has 0 fully saturated rings. The number of carbonyl (C=O) groups is 1. The molecule has 116 valence electrons. The Morgan fingerprint density at radius 2 is 1.48 bits per heavy atom. The molecule has 0 N–H and O–H groups in total. The van der Waals surface area contributed by atoms with Gasteiger partial charge in [-0.3, -0.25) is 4.79 Å². The number of fused-ring (bicyclic) bond motifs is 1. The molecule has 3 aromatic carbocycles. The molecular formula is C22H22O. The molecule has 0 aromatic heterocycles. The fourth-order valence-corrected chi connectivity index (χ4v) is 3.19. The van der Waals surface area contributed by atoms with E-state index in [0.717, 1.165) is 24.0 Å². The van der Waals surface area contributed by atoms with Crippen LogP contribution in [-0.4, -0.2) is 5.78 Å². The molecule has 23 heavy (non-hydrogen) atoms. The van der Waals surface area contributed by atoms with E-state index in [2.05, 4.69) is 43.3 Å². The van der Waals surface area contributed by atoms with Crippen LogP contribution in [0.4, 0.5) is 0 Å². The number of hydrogen-bond donors (Lipinski definition) is 0. The van der Waals surface area contributed by atoms with Crippen molar-refractivity contribution in [2.24, 2.45) is 0 Å². The summed E-state index contributed by atoms with van der Waals surface area (Å²) in [5.41, 5.74) is 4.57. The van der Waals surface area contributed by atoms with E-state index in [1.165, 1.54) is 21.9 Å². The molecule has 0 saturated carbocycles. The van der Waals surface area contributed by atoms with E-state index in [9.17, 15) is 4.79 Å². The molecule has 3 aromatic rings. The van der Waals surface area contributed by atoms with Gasteiger partial charge in [0, 0.05) is 12.0 Å². The van der Waals surface area contributed by atoms with Gasteiger partial charge in [-0.1, -0.05) is 60.7 Å². The van der Waals surface area contributed by atoms with E-state index < -0.39 is 0 Å². The zero-order valence-corrected chi connectivity index (χ0v) is 13.8. The Morgan fingerprint density at radius 3 is 2.26 bits per heavy atom.